The van der Waals surface area contributed by atoms with E-state index in [2.05, 4.69) is 10.1 Å². The van der Waals surface area contributed by atoms with Gasteiger partial charge in [-0.05, 0) is 35.7 Å². The predicted octanol–water partition coefficient (Wildman–Crippen LogP) is 4.51. The third-order valence-electron chi connectivity index (χ3n) is 5.42. The maximum Gasteiger partial charge on any atom is 0.506 e. The second kappa shape index (κ2) is 8.69. The van der Waals surface area contributed by atoms with Gasteiger partial charge < -0.3 is 9.26 Å². The molecule has 0 saturated carbocycles. The third kappa shape index (κ3) is 4.20. The standard InChI is InChI=1S/C23H16F3N4O4S/c1-33-16-7-3-6-15(11-16)30-21(31)19-17(8-9-35-19)29(22(30)32)12-18-27-20(28-34-18)13-4-2-5-14(10-13)23(24,25)26/h2-11,19H,12H2,1H3/q+1. The minimum atomic E-state index is -4.52. The van der Waals surface area contributed by atoms with E-state index in [4.69, 9.17) is 9.26 Å². The van der Waals surface area contributed by atoms with Crippen molar-refractivity contribution in [3.05, 3.63) is 71.5 Å². The number of amides is 3. The van der Waals surface area contributed by atoms with Gasteiger partial charge in [-0.15, -0.1) is 16.7 Å². The first-order chi connectivity index (χ1) is 16.8. The molecule has 0 radical (unpaired) electrons. The van der Waals surface area contributed by atoms with Gasteiger partial charge in [-0.3, -0.25) is 0 Å². The highest BCUT2D eigenvalue weighted by molar-refractivity contribution is 8.04. The molecule has 0 fully saturated rings. The number of nitrogens with zero attached hydrogens (tertiary/aromatic N) is 4. The lowest BCUT2D eigenvalue weighted by Gasteiger charge is -2.23. The predicted molar refractivity (Wildman–Crippen MR) is 120 cm³/mol. The molecule has 1 unspecified atom stereocenters. The van der Waals surface area contributed by atoms with Crippen LogP contribution in [0.15, 0.2) is 64.5 Å². The van der Waals surface area contributed by atoms with Crippen LogP contribution in [-0.2, 0) is 17.5 Å². The molecular formula is C23H16F3N4O4S+. The van der Waals surface area contributed by atoms with Crippen molar-refractivity contribution >= 4 is 35.1 Å². The molecule has 0 N–H and O–H groups in total. The smallest absolute Gasteiger partial charge is 0.497 e. The number of imide groups is 1. The van der Waals surface area contributed by atoms with Gasteiger partial charge in [0.1, 0.15) is 17.1 Å². The lowest BCUT2D eigenvalue weighted by Crippen LogP contribution is -2.55. The van der Waals surface area contributed by atoms with E-state index >= 15 is 0 Å². The van der Waals surface area contributed by atoms with E-state index in [1.165, 1.54) is 35.6 Å². The molecule has 2 aromatic carbocycles. The van der Waals surface area contributed by atoms with E-state index in [-0.39, 0.29) is 23.8 Å². The van der Waals surface area contributed by atoms with Gasteiger partial charge >= 0.3 is 18.1 Å². The summed E-state index contributed by atoms with van der Waals surface area (Å²) in [5.41, 5.74) is 0.0791. The fourth-order valence-corrected chi connectivity index (χ4v) is 4.70. The highest BCUT2D eigenvalue weighted by Gasteiger charge is 2.50. The Labute approximate surface area is 200 Å². The summed E-state index contributed by atoms with van der Waals surface area (Å²) in [6, 6.07) is 10.5. The van der Waals surface area contributed by atoms with E-state index in [9.17, 15) is 22.8 Å². The largest absolute Gasteiger partial charge is 0.506 e. The number of fused-ring (bicyclic) bond motifs is 1. The third-order valence-corrected chi connectivity index (χ3v) is 6.43. The number of allylic oxidation sites excluding steroid dienone is 1. The number of benzene rings is 2. The van der Waals surface area contributed by atoms with Crippen LogP contribution in [0.3, 0.4) is 0 Å². The first-order valence-electron chi connectivity index (χ1n) is 10.2. The van der Waals surface area contributed by atoms with Crippen molar-refractivity contribution < 1.29 is 36.6 Å². The molecule has 12 heteroatoms. The molecule has 3 heterocycles. The van der Waals surface area contributed by atoms with Crippen LogP contribution < -0.4 is 9.64 Å². The van der Waals surface area contributed by atoms with Gasteiger partial charge in [0, 0.05) is 11.6 Å². The zero-order valence-electron chi connectivity index (χ0n) is 18.0. The van der Waals surface area contributed by atoms with E-state index in [1.54, 1.807) is 35.7 Å². The average molecular weight is 501 g/mol. The lowest BCUT2D eigenvalue weighted by atomic mass is 10.1. The van der Waals surface area contributed by atoms with Crippen molar-refractivity contribution in [3.8, 4) is 17.1 Å². The van der Waals surface area contributed by atoms with Crippen LogP contribution in [-0.4, -0.2) is 44.7 Å². The maximum absolute atomic E-state index is 13.4. The van der Waals surface area contributed by atoms with Gasteiger partial charge in [0.25, 0.3) is 5.89 Å². The highest BCUT2D eigenvalue weighted by atomic mass is 32.2. The SMILES string of the molecule is COc1cccc(N2C(=O)C3SC=CC3=[N+](Cc3nc(-c4cccc(C(F)(F)F)c4)no3)C2=O)c1. The summed E-state index contributed by atoms with van der Waals surface area (Å²) in [5, 5.41) is 4.85. The Morgan fingerprint density at radius 2 is 1.97 bits per heavy atom. The molecule has 1 atom stereocenters. The monoisotopic (exact) mass is 501 g/mol. The quantitative estimate of drug-likeness (QED) is 0.475. The van der Waals surface area contributed by atoms with Crippen molar-refractivity contribution in [1.29, 1.82) is 0 Å². The second-order valence-corrected chi connectivity index (χ2v) is 8.59. The van der Waals surface area contributed by atoms with Crippen molar-refractivity contribution in [1.82, 2.24) is 10.1 Å². The van der Waals surface area contributed by atoms with Crippen molar-refractivity contribution in [2.24, 2.45) is 0 Å². The summed E-state index contributed by atoms with van der Waals surface area (Å²) in [6.45, 7) is -0.171. The lowest BCUT2D eigenvalue weighted by molar-refractivity contribution is -0.448. The molecule has 35 heavy (non-hydrogen) atoms. The number of thioether (sulfide) groups is 1. The van der Waals surface area contributed by atoms with Gasteiger partial charge in [0.15, 0.2) is 11.8 Å². The summed E-state index contributed by atoms with van der Waals surface area (Å²) in [6.07, 6.45) is -2.85. The fourth-order valence-electron chi connectivity index (χ4n) is 3.76. The molecule has 3 aromatic rings. The second-order valence-electron chi connectivity index (χ2n) is 7.58. The topological polar surface area (TPSA) is 88.5 Å². The number of urea groups is 1. The first-order valence-corrected chi connectivity index (χ1v) is 11.2. The van der Waals surface area contributed by atoms with Crippen LogP contribution in [0, 0.1) is 0 Å². The van der Waals surface area contributed by atoms with E-state index in [0.29, 0.717) is 17.1 Å². The molecular weight excluding hydrogens is 485 g/mol. The van der Waals surface area contributed by atoms with Gasteiger partial charge in [-0.2, -0.15) is 27.5 Å². The number of carbonyl (C=O) groups excluding carboxylic acids is 2. The molecule has 0 bridgehead atoms. The summed E-state index contributed by atoms with van der Waals surface area (Å²) >= 11 is 1.26. The zero-order valence-corrected chi connectivity index (χ0v) is 18.8. The number of hydrogen-bond acceptors (Lipinski definition) is 7. The molecule has 0 aliphatic carbocycles. The number of methoxy groups -OCH3 is 1. The van der Waals surface area contributed by atoms with E-state index in [0.717, 1.165) is 17.0 Å². The van der Waals surface area contributed by atoms with E-state index < -0.39 is 28.9 Å². The Balaban J connectivity index is 1.47. The summed E-state index contributed by atoms with van der Waals surface area (Å²) in [7, 11) is 1.48. The van der Waals surface area contributed by atoms with Crippen molar-refractivity contribution in [2.75, 3.05) is 12.0 Å². The number of halogens is 3. The molecule has 5 rings (SSSR count). The van der Waals surface area contributed by atoms with Crippen LogP contribution in [0.4, 0.5) is 23.7 Å². The van der Waals surface area contributed by atoms with Gasteiger partial charge in [0.05, 0.1) is 12.7 Å². The number of ether oxygens (including phenoxy) is 1. The maximum atomic E-state index is 13.4. The summed E-state index contributed by atoms with van der Waals surface area (Å²) in [5.74, 6) is 0.0281. The van der Waals surface area contributed by atoms with Crippen LogP contribution in [0.1, 0.15) is 11.5 Å². The molecule has 0 saturated heterocycles. The number of rotatable bonds is 5. The Morgan fingerprint density at radius 1 is 1.17 bits per heavy atom. The molecule has 3 amide bonds. The molecule has 0 spiro atoms. The summed E-state index contributed by atoms with van der Waals surface area (Å²) < 4.78 is 51.0. The number of anilines is 1. The molecule has 1 aromatic heterocycles. The fraction of sp³-hybridized carbons (Fsp3) is 0.174. The molecule has 8 nitrogen and oxygen atoms in total. The van der Waals surface area contributed by atoms with Crippen LogP contribution in [0.2, 0.25) is 0 Å². The van der Waals surface area contributed by atoms with Crippen molar-refractivity contribution in [3.63, 3.8) is 0 Å². The van der Waals surface area contributed by atoms with Gasteiger partial charge in [0.2, 0.25) is 5.82 Å². The van der Waals surface area contributed by atoms with Gasteiger partial charge in [-0.1, -0.05) is 23.4 Å². The van der Waals surface area contributed by atoms with Crippen LogP contribution in [0.25, 0.3) is 11.4 Å². The Morgan fingerprint density at radius 3 is 2.74 bits per heavy atom. The van der Waals surface area contributed by atoms with Crippen LogP contribution in [0.5, 0.6) is 5.75 Å². The average Bonchev–Trinajstić information content (AvgIpc) is 3.52. The normalized spacial score (nSPS) is 17.8. The number of aromatic nitrogens is 2. The zero-order chi connectivity index (χ0) is 24.7. The number of carbonyl (C=O) groups is 2. The Hall–Kier alpha value is -3.93. The highest BCUT2D eigenvalue weighted by Crippen LogP contribution is 2.33. The molecule has 2 aliphatic rings. The minimum absolute atomic E-state index is 0.00209. The van der Waals surface area contributed by atoms with Crippen molar-refractivity contribution in [2.45, 2.75) is 18.0 Å². The first kappa shape index (κ1) is 22.8. The Bertz CT molecular complexity index is 1400. The Kier molecular flexibility index (Phi) is 5.67. The number of alkyl halides is 3. The van der Waals surface area contributed by atoms with E-state index in [1.807, 2.05) is 0 Å². The minimum Gasteiger partial charge on any atom is -0.497 e. The molecule has 2 aliphatic heterocycles. The number of hydrogen-bond donors (Lipinski definition) is 0. The summed E-state index contributed by atoms with van der Waals surface area (Å²) in [4.78, 5) is 31.8. The molecule has 178 valence electrons. The van der Waals surface area contributed by atoms with Crippen LogP contribution >= 0.6 is 11.8 Å². The van der Waals surface area contributed by atoms with Gasteiger partial charge in [-0.25, -0.2) is 4.79 Å².